The standard InChI is InChI=1S/C25H26F2N6OS/c1-35-23-10-17(18(26)11-28-23)13-2-6-16(21(34)8-13)25-29-12-22(31-32-25)33(15-4-5-15)20-9-14-3-7-19(30-14)24(20)27/h2,6,8,10-12,14-15,19-20,24,30,34H,3-5,7,9H2,1H3/t14-,19-,20+,24-/m0/s1/i1D3. The summed E-state index contributed by atoms with van der Waals surface area (Å²) in [5.74, 6) is -0.118. The van der Waals surface area contributed by atoms with Gasteiger partial charge in [-0.05, 0) is 62.1 Å². The lowest BCUT2D eigenvalue weighted by Crippen LogP contribution is -2.57. The molecule has 0 unspecified atom stereocenters. The Morgan fingerprint density at radius 1 is 1.11 bits per heavy atom. The Labute approximate surface area is 210 Å². The number of anilines is 1. The number of rotatable bonds is 6. The molecule has 7 nitrogen and oxygen atoms in total. The minimum absolute atomic E-state index is 0.111. The van der Waals surface area contributed by atoms with Crippen LogP contribution in [0.2, 0.25) is 0 Å². The van der Waals surface area contributed by atoms with Gasteiger partial charge in [-0.15, -0.1) is 22.0 Å². The van der Waals surface area contributed by atoms with Gasteiger partial charge in [0.25, 0.3) is 0 Å². The number of phenolic OH excluding ortho intramolecular Hbond substituents is 1. The predicted molar refractivity (Wildman–Crippen MR) is 131 cm³/mol. The number of hydrogen-bond acceptors (Lipinski definition) is 8. The third-order valence-electron chi connectivity index (χ3n) is 7.15. The molecule has 3 aliphatic rings. The number of halogens is 2. The zero-order valence-electron chi connectivity index (χ0n) is 21.7. The number of fused-ring (bicyclic) bond motifs is 2. The van der Waals surface area contributed by atoms with E-state index in [1.807, 2.05) is 4.90 Å². The molecule has 1 aromatic carbocycles. The molecular weight excluding hydrogens is 470 g/mol. The molecule has 35 heavy (non-hydrogen) atoms. The van der Waals surface area contributed by atoms with Crippen molar-refractivity contribution in [3.8, 4) is 28.3 Å². The molecule has 2 N–H and O–H groups in total. The second kappa shape index (κ2) is 8.98. The SMILES string of the molecule is [2H]C([2H])([2H])Sc1cc(-c2ccc(-c3ncc(N(C4CC4)[C@@H]4C[C@@H]5CC[C@H](N5)[C@@H]4F)nn3)c(O)c2)c(F)cn1. The molecule has 182 valence electrons. The van der Waals surface area contributed by atoms with E-state index < -0.39 is 18.2 Å². The molecule has 6 rings (SSSR count). The highest BCUT2D eigenvalue weighted by molar-refractivity contribution is 7.98. The fourth-order valence-corrected chi connectivity index (χ4v) is 5.60. The van der Waals surface area contributed by atoms with Gasteiger partial charge < -0.3 is 15.3 Å². The van der Waals surface area contributed by atoms with Gasteiger partial charge in [0.1, 0.15) is 17.7 Å². The maximum absolute atomic E-state index is 15.3. The second-order valence-corrected chi connectivity index (χ2v) is 10.0. The molecule has 2 bridgehead atoms. The van der Waals surface area contributed by atoms with Crippen molar-refractivity contribution in [2.75, 3.05) is 11.1 Å². The molecule has 2 aliphatic heterocycles. The van der Waals surface area contributed by atoms with Gasteiger partial charge in [-0.1, -0.05) is 6.07 Å². The van der Waals surface area contributed by atoms with Crippen LogP contribution >= 0.6 is 11.8 Å². The lowest BCUT2D eigenvalue weighted by Gasteiger charge is -2.40. The summed E-state index contributed by atoms with van der Waals surface area (Å²) in [6.07, 6.45) is 3.75. The molecule has 10 heteroatoms. The van der Waals surface area contributed by atoms with Crippen molar-refractivity contribution >= 4 is 17.6 Å². The van der Waals surface area contributed by atoms with Gasteiger partial charge >= 0.3 is 0 Å². The molecule has 1 saturated carbocycles. The molecule has 2 aromatic heterocycles. The number of hydrogen-bond donors (Lipinski definition) is 2. The van der Waals surface area contributed by atoms with Gasteiger partial charge in [0.05, 0.1) is 29.0 Å². The van der Waals surface area contributed by atoms with Crippen molar-refractivity contribution in [1.82, 2.24) is 25.5 Å². The minimum Gasteiger partial charge on any atom is -0.507 e. The summed E-state index contributed by atoms with van der Waals surface area (Å²) in [7, 11) is 0. The van der Waals surface area contributed by atoms with Gasteiger partial charge in [0.15, 0.2) is 11.6 Å². The molecule has 0 spiro atoms. The summed E-state index contributed by atoms with van der Waals surface area (Å²) < 4.78 is 52.0. The van der Waals surface area contributed by atoms with Crippen LogP contribution in [0.5, 0.6) is 5.75 Å². The average Bonchev–Trinajstić information content (AvgIpc) is 3.62. The molecule has 3 fully saturated rings. The number of piperidine rings is 1. The number of aromatic hydroxyl groups is 1. The van der Waals surface area contributed by atoms with E-state index >= 15 is 4.39 Å². The Bertz CT molecular complexity index is 1340. The molecule has 3 aromatic rings. The highest BCUT2D eigenvalue weighted by Crippen LogP contribution is 2.40. The van der Waals surface area contributed by atoms with E-state index in [-0.39, 0.29) is 40.3 Å². The van der Waals surface area contributed by atoms with Crippen molar-refractivity contribution < 1.29 is 18.0 Å². The summed E-state index contributed by atoms with van der Waals surface area (Å²) in [5.41, 5.74) is 0.762. The number of pyridine rings is 1. The molecule has 0 radical (unpaired) electrons. The zero-order valence-corrected chi connectivity index (χ0v) is 19.6. The molecule has 0 amide bonds. The van der Waals surface area contributed by atoms with Crippen LogP contribution in [0.15, 0.2) is 41.7 Å². The van der Waals surface area contributed by atoms with E-state index in [1.165, 1.54) is 12.1 Å². The normalized spacial score (nSPS) is 27.2. The predicted octanol–water partition coefficient (Wildman–Crippen LogP) is 4.37. The van der Waals surface area contributed by atoms with Gasteiger partial charge in [-0.2, -0.15) is 0 Å². The van der Waals surface area contributed by atoms with Crippen LogP contribution in [0.25, 0.3) is 22.5 Å². The first kappa shape index (κ1) is 19.4. The van der Waals surface area contributed by atoms with E-state index in [0.29, 0.717) is 34.7 Å². The Morgan fingerprint density at radius 2 is 2.00 bits per heavy atom. The second-order valence-electron chi connectivity index (χ2n) is 9.41. The van der Waals surface area contributed by atoms with Crippen molar-refractivity contribution in [2.45, 2.75) is 67.5 Å². The highest BCUT2D eigenvalue weighted by atomic mass is 32.2. The number of alkyl halides is 1. The average molecular weight is 500 g/mol. The monoisotopic (exact) mass is 499 g/mol. The number of phenols is 1. The van der Waals surface area contributed by atoms with Gasteiger partial charge in [0, 0.05) is 27.8 Å². The number of benzene rings is 1. The maximum Gasteiger partial charge on any atom is 0.185 e. The van der Waals surface area contributed by atoms with E-state index in [1.54, 1.807) is 18.3 Å². The Balaban J connectivity index is 1.25. The third-order valence-corrected chi connectivity index (χ3v) is 7.58. The largest absolute Gasteiger partial charge is 0.507 e. The summed E-state index contributed by atoms with van der Waals surface area (Å²) in [4.78, 5) is 10.3. The lowest BCUT2D eigenvalue weighted by molar-refractivity contribution is 0.171. The van der Waals surface area contributed by atoms with Crippen LogP contribution in [0.1, 0.15) is 36.2 Å². The number of nitrogens with zero attached hydrogens (tertiary/aromatic N) is 5. The number of aromatic nitrogens is 4. The zero-order chi connectivity index (χ0) is 26.6. The van der Waals surface area contributed by atoms with Gasteiger partial charge in [-0.3, -0.25) is 0 Å². The van der Waals surface area contributed by atoms with E-state index in [2.05, 4.69) is 25.5 Å². The van der Waals surface area contributed by atoms with Crippen LogP contribution in [0.3, 0.4) is 0 Å². The van der Waals surface area contributed by atoms with E-state index in [9.17, 15) is 9.50 Å². The van der Waals surface area contributed by atoms with Crippen molar-refractivity contribution in [1.29, 1.82) is 0 Å². The first-order valence-electron chi connectivity index (χ1n) is 13.2. The summed E-state index contributed by atoms with van der Waals surface area (Å²) in [6, 6.07) is 6.01. The molecule has 2 saturated heterocycles. The Morgan fingerprint density at radius 3 is 2.74 bits per heavy atom. The molecule has 1 aliphatic carbocycles. The fraction of sp³-hybridized carbons (Fsp3) is 0.440. The smallest absolute Gasteiger partial charge is 0.185 e. The van der Waals surface area contributed by atoms with Crippen LogP contribution < -0.4 is 10.2 Å². The highest BCUT2D eigenvalue weighted by Gasteiger charge is 2.48. The van der Waals surface area contributed by atoms with Crippen molar-refractivity contribution in [3.63, 3.8) is 0 Å². The van der Waals surface area contributed by atoms with Gasteiger partial charge in [0.2, 0.25) is 0 Å². The van der Waals surface area contributed by atoms with Crippen molar-refractivity contribution in [2.24, 2.45) is 0 Å². The molecule has 4 heterocycles. The quantitative estimate of drug-likeness (QED) is 0.484. The third kappa shape index (κ3) is 4.23. The lowest BCUT2D eigenvalue weighted by atomic mass is 9.96. The first-order chi connectivity index (χ1) is 18.2. The Kier molecular flexibility index (Phi) is 4.97. The Hall–Kier alpha value is -2.85. The summed E-state index contributed by atoms with van der Waals surface area (Å²) in [5, 5.41) is 22.8. The van der Waals surface area contributed by atoms with Gasteiger partial charge in [-0.25, -0.2) is 18.7 Å². The maximum atomic E-state index is 15.3. The van der Waals surface area contributed by atoms with Crippen LogP contribution in [0.4, 0.5) is 14.6 Å². The van der Waals surface area contributed by atoms with Crippen LogP contribution in [0, 0.1) is 5.82 Å². The van der Waals surface area contributed by atoms with Crippen molar-refractivity contribution in [3.05, 3.63) is 42.5 Å². The first-order valence-corrected chi connectivity index (χ1v) is 12.5. The molecule has 4 atom stereocenters. The fourth-order valence-electron chi connectivity index (χ4n) is 5.32. The number of nitrogens with one attached hydrogen (secondary N) is 1. The minimum atomic E-state index is -2.32. The van der Waals surface area contributed by atoms with Crippen LogP contribution in [-0.4, -0.2) is 61.8 Å². The van der Waals surface area contributed by atoms with E-state index in [0.717, 1.165) is 38.3 Å². The molecular formula is C25H26F2N6OS. The topological polar surface area (TPSA) is 87.1 Å². The number of thioether (sulfide) groups is 1. The summed E-state index contributed by atoms with van der Waals surface area (Å²) in [6.45, 7) is 0. The summed E-state index contributed by atoms with van der Waals surface area (Å²) >= 11 is 0.547. The van der Waals surface area contributed by atoms with E-state index in [4.69, 9.17) is 4.11 Å². The van der Waals surface area contributed by atoms with Crippen LogP contribution in [-0.2, 0) is 0 Å².